The number of nitrogens with one attached hydrogen (secondary N) is 1. The molecule has 2 rings (SSSR count). The van der Waals surface area contributed by atoms with Gasteiger partial charge in [-0.1, -0.05) is 30.7 Å². The summed E-state index contributed by atoms with van der Waals surface area (Å²) in [7, 11) is 0. The molecule has 0 aliphatic heterocycles. The van der Waals surface area contributed by atoms with E-state index in [0.29, 0.717) is 5.92 Å². The minimum atomic E-state index is 0.377. The zero-order valence-corrected chi connectivity index (χ0v) is 13.8. The number of benzene rings is 1. The average Bonchev–Trinajstić information content (AvgIpc) is 2.45. The first-order valence-corrected chi connectivity index (χ1v) is 7.92. The normalized spacial score (nSPS) is 12.3. The van der Waals surface area contributed by atoms with Gasteiger partial charge in [-0.15, -0.1) is 0 Å². The van der Waals surface area contributed by atoms with Crippen molar-refractivity contribution in [3.63, 3.8) is 0 Å². The van der Waals surface area contributed by atoms with Gasteiger partial charge in [0.05, 0.1) is 0 Å². The summed E-state index contributed by atoms with van der Waals surface area (Å²) in [5, 5.41) is 4.20. The van der Waals surface area contributed by atoms with Crippen molar-refractivity contribution in [2.24, 2.45) is 0 Å². The van der Waals surface area contributed by atoms with Crippen molar-refractivity contribution in [2.75, 3.05) is 13.1 Å². The zero-order valence-electron chi connectivity index (χ0n) is 11.4. The Balaban J connectivity index is 2.16. The van der Waals surface area contributed by atoms with Crippen LogP contribution < -0.4 is 5.32 Å². The van der Waals surface area contributed by atoms with E-state index in [0.717, 1.165) is 34.7 Å². The van der Waals surface area contributed by atoms with Crippen LogP contribution in [0.25, 0.3) is 0 Å². The summed E-state index contributed by atoms with van der Waals surface area (Å²) < 4.78 is 1.01. The number of likely N-dealkylation sites (N-methyl/N-ethyl adjacent to an activating group) is 1. The largest absolute Gasteiger partial charge is 0.316 e. The van der Waals surface area contributed by atoms with E-state index < -0.39 is 0 Å². The van der Waals surface area contributed by atoms with Gasteiger partial charge >= 0.3 is 0 Å². The zero-order chi connectivity index (χ0) is 14.4. The van der Waals surface area contributed by atoms with Crippen molar-refractivity contribution >= 4 is 27.5 Å². The third kappa shape index (κ3) is 4.58. The van der Waals surface area contributed by atoms with Crippen molar-refractivity contribution in [3.05, 3.63) is 63.3 Å². The average molecular weight is 354 g/mol. The molecule has 2 aromatic rings. The Bertz CT molecular complexity index is 542. The lowest BCUT2D eigenvalue weighted by molar-refractivity contribution is 0.589. The predicted molar refractivity (Wildman–Crippen MR) is 88.4 cm³/mol. The molecule has 0 aliphatic rings. The Kier molecular flexibility index (Phi) is 6.02. The number of pyridine rings is 1. The molecule has 1 atom stereocenters. The molecule has 0 amide bonds. The van der Waals surface area contributed by atoms with Crippen molar-refractivity contribution in [2.45, 2.75) is 19.3 Å². The highest BCUT2D eigenvalue weighted by molar-refractivity contribution is 9.10. The number of hydrogen-bond donors (Lipinski definition) is 1. The van der Waals surface area contributed by atoms with Gasteiger partial charge in [0.2, 0.25) is 0 Å². The Hall–Kier alpha value is -0.900. The molecule has 0 saturated heterocycles. The maximum absolute atomic E-state index is 6.10. The van der Waals surface area contributed by atoms with Crippen LogP contribution in [0.2, 0.25) is 5.02 Å². The summed E-state index contributed by atoms with van der Waals surface area (Å²) in [5.41, 5.74) is 2.35. The van der Waals surface area contributed by atoms with Crippen LogP contribution in [0.5, 0.6) is 0 Å². The summed E-state index contributed by atoms with van der Waals surface area (Å²) in [6.45, 7) is 4.01. The van der Waals surface area contributed by atoms with Crippen molar-refractivity contribution in [1.29, 1.82) is 0 Å². The molecule has 0 saturated carbocycles. The lowest BCUT2D eigenvalue weighted by atomic mass is 9.94. The lowest BCUT2D eigenvalue weighted by Gasteiger charge is -2.18. The first-order chi connectivity index (χ1) is 9.69. The molecule has 4 heteroatoms. The minimum Gasteiger partial charge on any atom is -0.316 e. The highest BCUT2D eigenvalue weighted by atomic mass is 79.9. The van der Waals surface area contributed by atoms with E-state index >= 15 is 0 Å². The third-order valence-electron chi connectivity index (χ3n) is 3.20. The molecule has 2 nitrogen and oxygen atoms in total. The molecular formula is C16H18BrClN2. The summed E-state index contributed by atoms with van der Waals surface area (Å²) in [6, 6.07) is 12.2. The van der Waals surface area contributed by atoms with E-state index in [-0.39, 0.29) is 0 Å². The standard InChI is InChI=1S/C16H18BrClN2/c1-2-19-10-13(12-4-3-5-15(18)8-12)9-16-7-6-14(17)11-20-16/h3-8,11,13,19H,2,9-10H2,1H3. The van der Waals surface area contributed by atoms with Crippen LogP contribution in [-0.2, 0) is 6.42 Å². The number of rotatable bonds is 6. The molecular weight excluding hydrogens is 336 g/mol. The summed E-state index contributed by atoms with van der Waals surface area (Å²) in [6.07, 6.45) is 2.75. The van der Waals surface area contributed by atoms with Gasteiger partial charge in [-0.05, 0) is 58.7 Å². The monoisotopic (exact) mass is 352 g/mol. The van der Waals surface area contributed by atoms with Gasteiger partial charge in [0.15, 0.2) is 0 Å². The first kappa shape index (κ1) is 15.5. The van der Waals surface area contributed by atoms with Gasteiger partial charge in [0.25, 0.3) is 0 Å². The molecule has 1 heterocycles. The molecule has 0 bridgehead atoms. The van der Waals surface area contributed by atoms with E-state index in [1.54, 1.807) is 0 Å². The van der Waals surface area contributed by atoms with Crippen LogP contribution >= 0.6 is 27.5 Å². The quantitative estimate of drug-likeness (QED) is 0.831. The van der Waals surface area contributed by atoms with Gasteiger partial charge in [-0.25, -0.2) is 0 Å². The third-order valence-corrected chi connectivity index (χ3v) is 3.91. The van der Waals surface area contributed by atoms with Gasteiger partial charge in [-0.3, -0.25) is 4.98 Å². The molecule has 1 aromatic heterocycles. The number of aromatic nitrogens is 1. The summed E-state index contributed by atoms with van der Waals surface area (Å²) >= 11 is 9.52. The second-order valence-corrected chi connectivity index (χ2v) is 6.08. The highest BCUT2D eigenvalue weighted by Crippen LogP contribution is 2.23. The molecule has 1 unspecified atom stereocenters. The second kappa shape index (κ2) is 7.77. The maximum Gasteiger partial charge on any atom is 0.0413 e. The molecule has 0 aliphatic carbocycles. The molecule has 1 aromatic carbocycles. The fourth-order valence-electron chi connectivity index (χ4n) is 2.17. The minimum absolute atomic E-state index is 0.377. The summed E-state index contributed by atoms with van der Waals surface area (Å²) in [4.78, 5) is 4.47. The number of hydrogen-bond acceptors (Lipinski definition) is 2. The van der Waals surface area contributed by atoms with E-state index in [9.17, 15) is 0 Å². The van der Waals surface area contributed by atoms with E-state index in [1.165, 1.54) is 5.56 Å². The van der Waals surface area contributed by atoms with Crippen LogP contribution in [0, 0.1) is 0 Å². The molecule has 106 valence electrons. The Morgan fingerprint density at radius 1 is 1.30 bits per heavy atom. The molecule has 1 N–H and O–H groups in total. The van der Waals surface area contributed by atoms with Crippen LogP contribution in [0.1, 0.15) is 24.1 Å². The van der Waals surface area contributed by atoms with Gasteiger partial charge in [-0.2, -0.15) is 0 Å². The Labute approximate surface area is 133 Å². The topological polar surface area (TPSA) is 24.9 Å². The van der Waals surface area contributed by atoms with E-state index in [4.69, 9.17) is 11.6 Å². The Morgan fingerprint density at radius 3 is 2.80 bits per heavy atom. The Morgan fingerprint density at radius 2 is 2.15 bits per heavy atom. The lowest BCUT2D eigenvalue weighted by Crippen LogP contribution is -2.23. The second-order valence-electron chi connectivity index (χ2n) is 4.73. The predicted octanol–water partition coefficient (Wildman–Crippen LogP) is 4.43. The fourth-order valence-corrected chi connectivity index (χ4v) is 2.60. The van der Waals surface area contributed by atoms with Crippen LogP contribution in [-0.4, -0.2) is 18.1 Å². The van der Waals surface area contributed by atoms with Crippen LogP contribution in [0.4, 0.5) is 0 Å². The fraction of sp³-hybridized carbons (Fsp3) is 0.312. The van der Waals surface area contributed by atoms with Gasteiger partial charge in [0, 0.05) is 33.8 Å². The number of halogens is 2. The van der Waals surface area contributed by atoms with E-state index in [2.05, 4.69) is 45.3 Å². The molecule has 0 fully saturated rings. The van der Waals surface area contributed by atoms with Crippen molar-refractivity contribution in [3.8, 4) is 0 Å². The molecule has 20 heavy (non-hydrogen) atoms. The van der Waals surface area contributed by atoms with Gasteiger partial charge in [0.1, 0.15) is 0 Å². The van der Waals surface area contributed by atoms with Crippen molar-refractivity contribution < 1.29 is 0 Å². The van der Waals surface area contributed by atoms with Crippen LogP contribution in [0.3, 0.4) is 0 Å². The summed E-state index contributed by atoms with van der Waals surface area (Å²) in [5.74, 6) is 0.377. The molecule has 0 spiro atoms. The van der Waals surface area contributed by atoms with E-state index in [1.807, 2.05) is 30.5 Å². The maximum atomic E-state index is 6.10. The van der Waals surface area contributed by atoms with Crippen LogP contribution in [0.15, 0.2) is 47.1 Å². The molecule has 0 radical (unpaired) electrons. The highest BCUT2D eigenvalue weighted by Gasteiger charge is 2.13. The SMILES string of the molecule is CCNCC(Cc1ccc(Br)cn1)c1cccc(Cl)c1. The number of nitrogens with zero attached hydrogens (tertiary/aromatic N) is 1. The first-order valence-electron chi connectivity index (χ1n) is 6.75. The van der Waals surface area contributed by atoms with Crippen molar-refractivity contribution in [1.82, 2.24) is 10.3 Å². The smallest absolute Gasteiger partial charge is 0.0413 e. The van der Waals surface area contributed by atoms with Gasteiger partial charge < -0.3 is 5.32 Å².